The maximum atomic E-state index is 12.3. The fourth-order valence-corrected chi connectivity index (χ4v) is 2.68. The van der Waals surface area contributed by atoms with Gasteiger partial charge in [0.15, 0.2) is 11.6 Å². The molecule has 0 saturated heterocycles. The van der Waals surface area contributed by atoms with Gasteiger partial charge in [-0.1, -0.05) is 47.5 Å². The summed E-state index contributed by atoms with van der Waals surface area (Å²) in [7, 11) is 0. The Kier molecular flexibility index (Phi) is 4.19. The van der Waals surface area contributed by atoms with Gasteiger partial charge in [0.05, 0.1) is 21.2 Å². The van der Waals surface area contributed by atoms with Crippen molar-refractivity contribution in [2.75, 3.05) is 0 Å². The van der Waals surface area contributed by atoms with Crippen LogP contribution in [-0.2, 0) is 0 Å². The van der Waals surface area contributed by atoms with Crippen LogP contribution in [0.25, 0.3) is 0 Å². The van der Waals surface area contributed by atoms with Gasteiger partial charge in [-0.25, -0.2) is 0 Å². The normalized spacial score (nSPS) is 12.5. The van der Waals surface area contributed by atoms with E-state index in [0.29, 0.717) is 11.1 Å². The van der Waals surface area contributed by atoms with Gasteiger partial charge >= 0.3 is 0 Å². The molecule has 0 bridgehead atoms. The second-order valence-corrected chi connectivity index (χ2v) is 4.80. The summed E-state index contributed by atoms with van der Waals surface area (Å²) in [6.45, 7) is 0. The molecule has 0 spiro atoms. The second-order valence-electron chi connectivity index (χ2n) is 3.98. The van der Waals surface area contributed by atoms with Crippen molar-refractivity contribution in [3.8, 4) is 0 Å². The van der Waals surface area contributed by atoms with Gasteiger partial charge < -0.3 is 0 Å². The molecule has 1 aliphatic carbocycles. The van der Waals surface area contributed by atoms with Crippen LogP contribution in [0, 0.1) is 0 Å². The van der Waals surface area contributed by atoms with Crippen LogP contribution in [0.3, 0.4) is 0 Å². The van der Waals surface area contributed by atoms with Crippen LogP contribution in [0.15, 0.2) is 36.4 Å². The third-order valence-corrected chi connectivity index (χ3v) is 3.60. The summed E-state index contributed by atoms with van der Waals surface area (Å²) in [6, 6.07) is 9.67. The van der Waals surface area contributed by atoms with E-state index in [1.54, 1.807) is 36.4 Å². The van der Waals surface area contributed by atoms with Crippen molar-refractivity contribution in [2.24, 2.45) is 0 Å². The molecular formula is C14H6Cl2NaO2. The molecule has 2 aromatic carbocycles. The first-order chi connectivity index (χ1) is 8.61. The van der Waals surface area contributed by atoms with Crippen LogP contribution in [0.4, 0.5) is 0 Å². The van der Waals surface area contributed by atoms with Gasteiger partial charge in [-0.3, -0.25) is 9.59 Å². The molecule has 5 heteroatoms. The van der Waals surface area contributed by atoms with Crippen molar-refractivity contribution in [3.63, 3.8) is 0 Å². The maximum absolute atomic E-state index is 12.3. The van der Waals surface area contributed by atoms with Gasteiger partial charge in [0.2, 0.25) is 0 Å². The fraction of sp³-hybridized carbons (Fsp3) is 0. The molecule has 0 unspecified atom stereocenters. The molecule has 0 saturated carbocycles. The molecule has 0 aromatic heterocycles. The average Bonchev–Trinajstić information content (AvgIpc) is 2.35. The number of carbonyl (C=O) groups excluding carboxylic acids is 2. The largest absolute Gasteiger partial charge is 0.289 e. The first-order valence-electron chi connectivity index (χ1n) is 5.27. The van der Waals surface area contributed by atoms with E-state index in [1.165, 1.54) is 0 Å². The van der Waals surface area contributed by atoms with E-state index in [0.717, 1.165) is 0 Å². The van der Waals surface area contributed by atoms with E-state index in [9.17, 15) is 9.59 Å². The molecule has 0 heterocycles. The number of fused-ring (bicyclic) bond motifs is 2. The zero-order valence-electron chi connectivity index (χ0n) is 10.0. The van der Waals surface area contributed by atoms with Gasteiger partial charge in [-0.05, 0) is 12.1 Å². The van der Waals surface area contributed by atoms with E-state index in [2.05, 4.69) is 0 Å². The molecular weight excluding hydrogens is 294 g/mol. The number of carbonyl (C=O) groups is 2. The molecule has 0 aliphatic heterocycles. The summed E-state index contributed by atoms with van der Waals surface area (Å²) in [4.78, 5) is 24.7. The smallest absolute Gasteiger partial charge is 0.196 e. The van der Waals surface area contributed by atoms with Crippen molar-refractivity contribution in [1.82, 2.24) is 0 Å². The van der Waals surface area contributed by atoms with Crippen LogP contribution in [0.5, 0.6) is 0 Å². The van der Waals surface area contributed by atoms with Crippen molar-refractivity contribution in [3.05, 3.63) is 68.7 Å². The Morgan fingerprint density at radius 3 is 1.42 bits per heavy atom. The molecule has 3 rings (SSSR count). The first-order valence-corrected chi connectivity index (χ1v) is 6.03. The van der Waals surface area contributed by atoms with Crippen LogP contribution in [-0.4, -0.2) is 41.1 Å². The summed E-state index contributed by atoms with van der Waals surface area (Å²) >= 11 is 12.0. The van der Waals surface area contributed by atoms with Crippen LogP contribution >= 0.6 is 23.2 Å². The molecule has 2 aromatic rings. The predicted molar refractivity (Wildman–Crippen MR) is 75.5 cm³/mol. The average molecular weight is 300 g/mol. The minimum Gasteiger partial charge on any atom is -0.289 e. The molecule has 1 radical (unpaired) electrons. The number of rotatable bonds is 0. The van der Waals surface area contributed by atoms with E-state index in [4.69, 9.17) is 23.2 Å². The Hall–Kier alpha value is -0.640. The van der Waals surface area contributed by atoms with Crippen molar-refractivity contribution in [1.29, 1.82) is 0 Å². The quantitative estimate of drug-likeness (QED) is 0.596. The monoisotopic (exact) mass is 299 g/mol. The Morgan fingerprint density at radius 1 is 0.684 bits per heavy atom. The minimum absolute atomic E-state index is 0. The third kappa shape index (κ3) is 2.18. The van der Waals surface area contributed by atoms with Gasteiger partial charge in [-0.15, -0.1) is 0 Å². The molecule has 0 atom stereocenters. The van der Waals surface area contributed by atoms with E-state index < -0.39 is 0 Å². The number of ketones is 2. The first kappa shape index (κ1) is 14.8. The van der Waals surface area contributed by atoms with E-state index in [1.807, 2.05) is 0 Å². The topological polar surface area (TPSA) is 34.1 Å². The molecule has 0 N–H and O–H groups in total. The standard InChI is InChI=1S/C14H6Cl2O2.Na/c15-9-5-1-3-7-11(9)14(18)8-4-2-6-10(16)12(8)13(7)17;/h1-6H;. The number of hydrogen-bond donors (Lipinski definition) is 0. The number of halogens is 2. The molecule has 19 heavy (non-hydrogen) atoms. The predicted octanol–water partition coefficient (Wildman–Crippen LogP) is 3.39. The molecule has 89 valence electrons. The van der Waals surface area contributed by atoms with Gasteiger partial charge in [0, 0.05) is 40.7 Å². The zero-order chi connectivity index (χ0) is 12.9. The number of benzene rings is 2. The van der Waals surface area contributed by atoms with Gasteiger partial charge in [0.25, 0.3) is 0 Å². The maximum Gasteiger partial charge on any atom is 0.196 e. The Morgan fingerprint density at radius 2 is 1.05 bits per heavy atom. The van der Waals surface area contributed by atoms with Crippen LogP contribution in [0.1, 0.15) is 31.8 Å². The summed E-state index contributed by atoms with van der Waals surface area (Å²) < 4.78 is 0. The summed E-state index contributed by atoms with van der Waals surface area (Å²) in [5.41, 5.74) is 1.15. The molecule has 2 nitrogen and oxygen atoms in total. The minimum atomic E-state index is -0.257. The second kappa shape index (κ2) is 5.39. The summed E-state index contributed by atoms with van der Waals surface area (Å²) in [6.07, 6.45) is 0. The number of hydrogen-bond acceptors (Lipinski definition) is 2. The van der Waals surface area contributed by atoms with Crippen molar-refractivity contribution >= 4 is 64.3 Å². The van der Waals surface area contributed by atoms with E-state index in [-0.39, 0.29) is 62.3 Å². The molecule has 0 amide bonds. The SMILES string of the molecule is O=C1c2cccc(Cl)c2C(=O)c2cccc(Cl)c21.[Na]. The Labute approximate surface area is 142 Å². The van der Waals surface area contributed by atoms with E-state index >= 15 is 0 Å². The molecule has 0 fully saturated rings. The summed E-state index contributed by atoms with van der Waals surface area (Å²) in [5.74, 6) is -0.514. The third-order valence-electron chi connectivity index (χ3n) is 2.97. The van der Waals surface area contributed by atoms with Crippen molar-refractivity contribution < 1.29 is 9.59 Å². The fourth-order valence-electron chi connectivity index (χ4n) is 2.16. The van der Waals surface area contributed by atoms with Crippen LogP contribution < -0.4 is 0 Å². The zero-order valence-corrected chi connectivity index (χ0v) is 13.5. The Bertz CT molecular complexity index is 649. The summed E-state index contributed by atoms with van der Waals surface area (Å²) in [5, 5.41) is 0.577. The van der Waals surface area contributed by atoms with Crippen molar-refractivity contribution in [2.45, 2.75) is 0 Å². The van der Waals surface area contributed by atoms with Crippen LogP contribution in [0.2, 0.25) is 10.0 Å². The van der Waals surface area contributed by atoms with Gasteiger partial charge in [0.1, 0.15) is 0 Å². The Balaban J connectivity index is 0.00000133. The van der Waals surface area contributed by atoms with Gasteiger partial charge in [-0.2, -0.15) is 0 Å². The molecule has 1 aliphatic rings.